The summed E-state index contributed by atoms with van der Waals surface area (Å²) in [6.07, 6.45) is 29.4. The fourth-order valence-corrected chi connectivity index (χ4v) is 5.43. The Labute approximate surface area is 288 Å². The number of phosphoric ester groups is 1. The van der Waals surface area contributed by atoms with Crippen molar-refractivity contribution in [1.29, 1.82) is 0 Å². The second kappa shape index (κ2) is 30.5. The van der Waals surface area contributed by atoms with Gasteiger partial charge in [0.05, 0.1) is 27.7 Å². The first-order valence-corrected chi connectivity index (χ1v) is 20.1. The smallest absolute Gasteiger partial charge is 0.462 e. The monoisotopic (exact) mass is 688 g/mol. The second-order valence-corrected chi connectivity index (χ2v) is 15.1. The molecule has 0 amide bonds. The lowest BCUT2D eigenvalue weighted by Gasteiger charge is -2.24. The minimum absolute atomic E-state index is 0.0294. The summed E-state index contributed by atoms with van der Waals surface area (Å²) in [6.45, 7) is 4.31. The van der Waals surface area contributed by atoms with Crippen LogP contribution in [0.1, 0.15) is 149 Å². The molecule has 0 aromatic carbocycles. The number of carbonyl (C=O) groups is 2. The third kappa shape index (κ3) is 34.2. The highest BCUT2D eigenvalue weighted by Crippen LogP contribution is 2.43. The number of unbranched alkanes of at least 4 members (excludes halogenated alkanes) is 15. The van der Waals surface area contributed by atoms with Crippen molar-refractivity contribution in [3.8, 4) is 0 Å². The van der Waals surface area contributed by atoms with Crippen LogP contribution in [0.15, 0.2) is 24.3 Å². The number of quaternary nitrogens is 1. The first-order valence-electron chi connectivity index (χ1n) is 18.6. The molecule has 1 N–H and O–H groups in total. The van der Waals surface area contributed by atoms with Gasteiger partial charge in [-0.05, 0) is 57.8 Å². The molecule has 47 heavy (non-hydrogen) atoms. The third-order valence-corrected chi connectivity index (χ3v) is 8.69. The predicted molar refractivity (Wildman–Crippen MR) is 192 cm³/mol. The molecule has 0 aliphatic carbocycles. The number of ether oxygens (including phenoxy) is 2. The number of likely N-dealkylation sites (N-methyl/N-ethyl adjacent to an activating group) is 1. The quantitative estimate of drug-likeness (QED) is 0.0239. The van der Waals surface area contributed by atoms with Crippen molar-refractivity contribution >= 4 is 19.8 Å². The summed E-state index contributed by atoms with van der Waals surface area (Å²) in [6, 6.07) is 0. The van der Waals surface area contributed by atoms with Crippen LogP contribution in [0.2, 0.25) is 0 Å². The normalized spacial score (nSPS) is 14.1. The van der Waals surface area contributed by atoms with Crippen LogP contribution >= 0.6 is 7.82 Å². The van der Waals surface area contributed by atoms with Gasteiger partial charge in [-0.25, -0.2) is 4.57 Å². The molecule has 0 rings (SSSR count). The van der Waals surface area contributed by atoms with Crippen molar-refractivity contribution in [1.82, 2.24) is 0 Å². The molecule has 0 saturated carbocycles. The zero-order valence-corrected chi connectivity index (χ0v) is 31.7. The van der Waals surface area contributed by atoms with E-state index in [2.05, 4.69) is 38.2 Å². The van der Waals surface area contributed by atoms with Crippen LogP contribution in [0.3, 0.4) is 0 Å². The SMILES string of the molecule is CCCC/C=C/CCCCCCCC(=O)O[C@H](COC(=O)CCCCCCC/C=C/CCCCC)COP(=O)(O)OCC[N+](C)(C)C. The largest absolute Gasteiger partial charge is 0.472 e. The highest BCUT2D eigenvalue weighted by Gasteiger charge is 2.27. The number of carbonyl (C=O) groups excluding carboxylic acids is 2. The summed E-state index contributed by atoms with van der Waals surface area (Å²) in [4.78, 5) is 35.1. The van der Waals surface area contributed by atoms with E-state index >= 15 is 0 Å². The van der Waals surface area contributed by atoms with Gasteiger partial charge in [0, 0.05) is 12.8 Å². The summed E-state index contributed by atoms with van der Waals surface area (Å²) >= 11 is 0. The number of hydrogen-bond donors (Lipinski definition) is 1. The van der Waals surface area contributed by atoms with Crippen LogP contribution in [-0.4, -0.2) is 74.9 Å². The molecular formula is C37H71NO8P+. The molecule has 2 atom stereocenters. The molecule has 0 bridgehead atoms. The lowest BCUT2D eigenvalue weighted by molar-refractivity contribution is -0.870. The molecule has 1 unspecified atom stereocenters. The fourth-order valence-electron chi connectivity index (χ4n) is 4.69. The van der Waals surface area contributed by atoms with E-state index in [9.17, 15) is 19.0 Å². The average molecular weight is 689 g/mol. The topological polar surface area (TPSA) is 108 Å². The Kier molecular flexibility index (Phi) is 29.6. The molecule has 0 aliphatic rings. The Balaban J connectivity index is 4.49. The maximum atomic E-state index is 12.6. The van der Waals surface area contributed by atoms with Crippen LogP contribution in [0.4, 0.5) is 0 Å². The Morgan fingerprint density at radius 3 is 1.64 bits per heavy atom. The van der Waals surface area contributed by atoms with Gasteiger partial charge in [-0.15, -0.1) is 0 Å². The Hall–Kier alpha value is -1.51. The van der Waals surface area contributed by atoms with Crippen molar-refractivity contribution in [3.63, 3.8) is 0 Å². The second-order valence-electron chi connectivity index (χ2n) is 13.6. The van der Waals surface area contributed by atoms with Crippen LogP contribution in [0.5, 0.6) is 0 Å². The molecule has 0 spiro atoms. The van der Waals surface area contributed by atoms with Crippen molar-refractivity contribution in [2.24, 2.45) is 0 Å². The highest BCUT2D eigenvalue weighted by molar-refractivity contribution is 7.47. The maximum absolute atomic E-state index is 12.6. The summed E-state index contributed by atoms with van der Waals surface area (Å²) in [5.74, 6) is -0.823. The molecule has 0 radical (unpaired) electrons. The van der Waals surface area contributed by atoms with Gasteiger partial charge in [0.1, 0.15) is 19.8 Å². The number of allylic oxidation sites excluding steroid dienone is 4. The molecule has 0 aliphatic heterocycles. The zero-order chi connectivity index (χ0) is 35.1. The minimum atomic E-state index is -4.36. The Morgan fingerprint density at radius 1 is 0.638 bits per heavy atom. The third-order valence-electron chi connectivity index (χ3n) is 7.70. The van der Waals surface area contributed by atoms with Crippen LogP contribution in [0, 0.1) is 0 Å². The van der Waals surface area contributed by atoms with Gasteiger partial charge in [-0.2, -0.15) is 0 Å². The summed E-state index contributed by atoms with van der Waals surface area (Å²) < 4.78 is 34.1. The zero-order valence-electron chi connectivity index (χ0n) is 30.8. The van der Waals surface area contributed by atoms with E-state index in [1.807, 2.05) is 21.1 Å². The van der Waals surface area contributed by atoms with E-state index < -0.39 is 26.5 Å². The predicted octanol–water partition coefficient (Wildman–Crippen LogP) is 9.63. The van der Waals surface area contributed by atoms with Gasteiger partial charge < -0.3 is 18.9 Å². The van der Waals surface area contributed by atoms with Crippen molar-refractivity contribution in [2.75, 3.05) is 47.5 Å². The van der Waals surface area contributed by atoms with Gasteiger partial charge >= 0.3 is 19.8 Å². The Morgan fingerprint density at radius 2 is 1.11 bits per heavy atom. The number of rotatable bonds is 33. The number of nitrogens with zero attached hydrogens (tertiary/aromatic N) is 1. The molecule has 0 aromatic heterocycles. The molecule has 0 aromatic rings. The molecule has 0 fully saturated rings. The van der Waals surface area contributed by atoms with Gasteiger partial charge in [0.2, 0.25) is 0 Å². The minimum Gasteiger partial charge on any atom is -0.462 e. The van der Waals surface area contributed by atoms with E-state index in [1.54, 1.807) is 0 Å². The van der Waals surface area contributed by atoms with Crippen molar-refractivity contribution < 1.29 is 42.1 Å². The molecule has 9 nitrogen and oxygen atoms in total. The number of hydrogen-bond acceptors (Lipinski definition) is 7. The Bertz CT molecular complexity index is 871. The van der Waals surface area contributed by atoms with Crippen LogP contribution < -0.4 is 0 Å². The van der Waals surface area contributed by atoms with E-state index in [0.717, 1.165) is 77.0 Å². The maximum Gasteiger partial charge on any atom is 0.472 e. The van der Waals surface area contributed by atoms with E-state index in [0.29, 0.717) is 17.4 Å². The van der Waals surface area contributed by atoms with E-state index in [4.69, 9.17) is 18.5 Å². The molecule has 276 valence electrons. The van der Waals surface area contributed by atoms with Crippen molar-refractivity contribution in [3.05, 3.63) is 24.3 Å². The number of phosphoric acid groups is 1. The van der Waals surface area contributed by atoms with Crippen LogP contribution in [0.25, 0.3) is 0 Å². The summed E-state index contributed by atoms with van der Waals surface area (Å²) in [5.41, 5.74) is 0. The standard InChI is InChI=1S/C37H70NO8P/c1-6-8-10-12-14-16-18-20-21-23-25-27-29-36(39)43-33-35(34-45-47(41,42)44-32-31-38(3,4)5)46-37(40)30-28-26-24-22-19-17-15-13-11-9-7-2/h13-16,35H,6-12,17-34H2,1-5H3/p+1/b15-13+,16-14+/t35-/m1/s1. The van der Waals surface area contributed by atoms with Crippen molar-refractivity contribution in [2.45, 2.75) is 155 Å². The molecule has 0 heterocycles. The van der Waals surface area contributed by atoms with Gasteiger partial charge in [0.25, 0.3) is 0 Å². The molecule has 0 saturated heterocycles. The van der Waals surface area contributed by atoms with Gasteiger partial charge in [0.15, 0.2) is 6.10 Å². The van der Waals surface area contributed by atoms with Gasteiger partial charge in [-0.1, -0.05) is 102 Å². The van der Waals surface area contributed by atoms with E-state index in [1.165, 1.54) is 38.5 Å². The summed E-state index contributed by atoms with van der Waals surface area (Å²) in [7, 11) is 1.46. The lowest BCUT2D eigenvalue weighted by atomic mass is 10.1. The van der Waals surface area contributed by atoms with E-state index in [-0.39, 0.29) is 32.0 Å². The average Bonchev–Trinajstić information content (AvgIpc) is 3.01. The highest BCUT2D eigenvalue weighted by atomic mass is 31.2. The van der Waals surface area contributed by atoms with Crippen LogP contribution in [-0.2, 0) is 32.7 Å². The van der Waals surface area contributed by atoms with Gasteiger partial charge in [-0.3, -0.25) is 18.6 Å². The molecular weight excluding hydrogens is 617 g/mol. The fraction of sp³-hybridized carbons (Fsp3) is 0.838. The molecule has 10 heteroatoms. The summed E-state index contributed by atoms with van der Waals surface area (Å²) in [5, 5.41) is 0. The number of esters is 2. The first kappa shape index (κ1) is 45.5. The lowest BCUT2D eigenvalue weighted by Crippen LogP contribution is -2.37. The first-order chi connectivity index (χ1) is 22.5.